The molecule has 1 aromatic heterocycles. The van der Waals surface area contributed by atoms with Gasteiger partial charge in [0.1, 0.15) is 29.8 Å². The minimum atomic E-state index is -4.55. The summed E-state index contributed by atoms with van der Waals surface area (Å²) >= 11 is 1.79. The predicted octanol–water partition coefficient (Wildman–Crippen LogP) is 6.49. The van der Waals surface area contributed by atoms with Gasteiger partial charge in [0.25, 0.3) is 0 Å². The first kappa shape index (κ1) is 43.1. The van der Waals surface area contributed by atoms with Crippen molar-refractivity contribution in [3.63, 3.8) is 0 Å². The molecule has 6 N–H and O–H groups in total. The van der Waals surface area contributed by atoms with Gasteiger partial charge in [-0.1, -0.05) is 111 Å². The number of nitrogens with two attached hydrogens (primary N) is 1. The van der Waals surface area contributed by atoms with Crippen LogP contribution in [-0.2, 0) is 23.1 Å². The van der Waals surface area contributed by atoms with Gasteiger partial charge in [-0.15, -0.1) is 5.10 Å². The number of rotatable bonds is 29. The lowest BCUT2D eigenvalue weighted by atomic mass is 10.1. The molecule has 1 aliphatic rings. The highest BCUT2D eigenvalue weighted by Gasteiger charge is 2.46. The van der Waals surface area contributed by atoms with E-state index in [9.17, 15) is 19.7 Å². The Kier molecular flexibility index (Phi) is 21.7. The SMILES string of the molecule is CCCCCCCCCCC(C)SCC(COP(=O)(O)OCC1OC(n2ncc(C(=N)N)n2)C(O)C1O)OC(C)CCCCCCCC. The molecular formula is C33H64N5O8PS. The molecule has 48 heavy (non-hydrogen) atoms. The predicted molar refractivity (Wildman–Crippen MR) is 190 cm³/mol. The minimum Gasteiger partial charge on any atom is -0.387 e. The molecule has 0 spiro atoms. The lowest BCUT2D eigenvalue weighted by molar-refractivity contribution is -0.0672. The first-order valence-corrected chi connectivity index (χ1v) is 20.7. The Labute approximate surface area is 292 Å². The van der Waals surface area contributed by atoms with Gasteiger partial charge in [0, 0.05) is 11.0 Å². The van der Waals surface area contributed by atoms with E-state index in [4.69, 9.17) is 29.7 Å². The molecule has 0 radical (unpaired) electrons. The maximum Gasteiger partial charge on any atom is 0.472 e. The van der Waals surface area contributed by atoms with Crippen molar-refractivity contribution in [2.75, 3.05) is 19.0 Å². The number of aliphatic hydroxyl groups excluding tert-OH is 2. The van der Waals surface area contributed by atoms with Gasteiger partial charge in [-0.2, -0.15) is 21.7 Å². The van der Waals surface area contributed by atoms with Gasteiger partial charge in [0.15, 0.2) is 6.23 Å². The average Bonchev–Trinajstić information content (AvgIpc) is 3.65. The number of nitrogen functional groups attached to an aromatic ring is 1. The van der Waals surface area contributed by atoms with Crippen molar-refractivity contribution in [3.8, 4) is 0 Å². The number of aromatic nitrogens is 3. The molecule has 0 aromatic carbocycles. The zero-order valence-electron chi connectivity index (χ0n) is 29.7. The molecule has 8 atom stereocenters. The number of hydrogen-bond donors (Lipinski definition) is 5. The molecule has 1 aliphatic heterocycles. The molecule has 280 valence electrons. The van der Waals surface area contributed by atoms with Crippen LogP contribution >= 0.6 is 19.6 Å². The van der Waals surface area contributed by atoms with Crippen molar-refractivity contribution in [3.05, 3.63) is 11.9 Å². The summed E-state index contributed by atoms with van der Waals surface area (Å²) in [5.41, 5.74) is 5.49. The summed E-state index contributed by atoms with van der Waals surface area (Å²) in [6.07, 6.45) is 15.1. The van der Waals surface area contributed by atoms with Crippen molar-refractivity contribution in [1.29, 1.82) is 5.41 Å². The summed E-state index contributed by atoms with van der Waals surface area (Å²) in [6, 6.07) is 0. The number of unbranched alkanes of at least 4 members (excludes halogenated alkanes) is 12. The van der Waals surface area contributed by atoms with Crippen LogP contribution < -0.4 is 5.73 Å². The van der Waals surface area contributed by atoms with Gasteiger partial charge < -0.3 is 30.3 Å². The zero-order valence-corrected chi connectivity index (χ0v) is 31.4. The number of nitrogens with zero attached hydrogens (tertiary/aromatic N) is 3. The van der Waals surface area contributed by atoms with Crippen LogP contribution in [0.25, 0.3) is 0 Å². The second-order valence-corrected chi connectivity index (χ2v) is 16.0. The van der Waals surface area contributed by atoms with Gasteiger partial charge in [-0.25, -0.2) is 4.57 Å². The average molecular weight is 722 g/mol. The lowest BCUT2D eigenvalue weighted by Gasteiger charge is -2.25. The zero-order chi connectivity index (χ0) is 35.4. The van der Waals surface area contributed by atoms with E-state index in [0.29, 0.717) is 11.0 Å². The number of phosphoric ester groups is 1. The van der Waals surface area contributed by atoms with Crippen LogP contribution in [-0.4, -0.2) is 90.7 Å². The Morgan fingerprint density at radius 1 is 0.979 bits per heavy atom. The molecule has 2 heterocycles. The first-order valence-electron chi connectivity index (χ1n) is 18.1. The van der Waals surface area contributed by atoms with E-state index in [0.717, 1.165) is 30.5 Å². The van der Waals surface area contributed by atoms with Crippen LogP contribution in [0.3, 0.4) is 0 Å². The van der Waals surface area contributed by atoms with E-state index in [-0.39, 0.29) is 24.2 Å². The second-order valence-electron chi connectivity index (χ2n) is 13.1. The second kappa shape index (κ2) is 24.2. The number of nitrogens with one attached hydrogen (secondary N) is 1. The molecule has 1 fully saturated rings. The normalized spacial score (nSPS) is 22.8. The Morgan fingerprint density at radius 3 is 2.15 bits per heavy atom. The van der Waals surface area contributed by atoms with Crippen LogP contribution in [0.5, 0.6) is 0 Å². The molecule has 2 rings (SSSR count). The molecule has 13 nitrogen and oxygen atoms in total. The largest absolute Gasteiger partial charge is 0.472 e. The van der Waals surface area contributed by atoms with E-state index >= 15 is 0 Å². The summed E-state index contributed by atoms with van der Waals surface area (Å²) in [4.78, 5) is 11.5. The molecule has 15 heteroatoms. The fourth-order valence-corrected chi connectivity index (χ4v) is 7.43. The third-order valence-electron chi connectivity index (χ3n) is 8.59. The van der Waals surface area contributed by atoms with Crippen LogP contribution in [0.1, 0.15) is 142 Å². The molecular weight excluding hydrogens is 657 g/mol. The topological polar surface area (TPSA) is 195 Å². The van der Waals surface area contributed by atoms with Gasteiger partial charge >= 0.3 is 7.82 Å². The third-order valence-corrected chi connectivity index (χ3v) is 10.9. The fourth-order valence-electron chi connectivity index (χ4n) is 5.62. The fraction of sp³-hybridized carbons (Fsp3) is 0.909. The summed E-state index contributed by atoms with van der Waals surface area (Å²) in [5, 5.41) is 36.7. The Balaban J connectivity index is 1.84. The molecule has 0 saturated carbocycles. The van der Waals surface area contributed by atoms with E-state index in [1.165, 1.54) is 83.2 Å². The van der Waals surface area contributed by atoms with Crippen LogP contribution in [0, 0.1) is 5.41 Å². The smallest absolute Gasteiger partial charge is 0.387 e. The van der Waals surface area contributed by atoms with Crippen molar-refractivity contribution in [1.82, 2.24) is 15.0 Å². The molecule has 0 amide bonds. The first-order chi connectivity index (χ1) is 23.0. The summed E-state index contributed by atoms with van der Waals surface area (Å²) in [6.45, 7) is 8.06. The summed E-state index contributed by atoms with van der Waals surface area (Å²) in [7, 11) is -4.55. The van der Waals surface area contributed by atoms with Gasteiger partial charge in [0.05, 0.1) is 31.6 Å². The van der Waals surface area contributed by atoms with E-state index in [2.05, 4.69) is 31.0 Å². The number of thioether (sulfide) groups is 1. The van der Waals surface area contributed by atoms with E-state index in [1.807, 2.05) is 6.92 Å². The number of amidine groups is 1. The maximum absolute atomic E-state index is 12.9. The van der Waals surface area contributed by atoms with Crippen LogP contribution in [0.2, 0.25) is 0 Å². The quantitative estimate of drug-likeness (QED) is 0.0261. The van der Waals surface area contributed by atoms with Crippen molar-refractivity contribution < 1.29 is 38.2 Å². The van der Waals surface area contributed by atoms with E-state index < -0.39 is 45.1 Å². The van der Waals surface area contributed by atoms with Gasteiger partial charge in [-0.3, -0.25) is 14.5 Å². The number of phosphoric acid groups is 1. The Bertz CT molecular complexity index is 1060. The molecule has 1 saturated heterocycles. The highest BCUT2D eigenvalue weighted by atomic mass is 32.2. The molecule has 8 unspecified atom stereocenters. The number of hydrogen-bond acceptors (Lipinski definition) is 11. The van der Waals surface area contributed by atoms with Crippen molar-refractivity contribution in [2.24, 2.45) is 5.73 Å². The standard InChI is InChI=1S/C33H64N5O8PS/c1-5-7-9-11-13-14-16-18-20-26(4)48-24-27(45-25(3)19-17-15-12-10-8-6-2)22-43-47(41,42)44-23-29-30(39)31(40)33(46-29)38-36-21-28(37-38)32(34)35/h21,25-27,29-31,33,39-40H,5-20,22-24H2,1-4H3,(H3,34,35)(H,41,42). The summed E-state index contributed by atoms with van der Waals surface area (Å²) < 4.78 is 35.4. The van der Waals surface area contributed by atoms with Crippen LogP contribution in [0.4, 0.5) is 0 Å². The lowest BCUT2D eigenvalue weighted by Crippen LogP contribution is -2.34. The number of aliphatic hydroxyl groups is 2. The third kappa shape index (κ3) is 17.2. The number of ether oxygens (including phenoxy) is 2. The van der Waals surface area contributed by atoms with E-state index in [1.54, 1.807) is 11.8 Å². The summed E-state index contributed by atoms with van der Waals surface area (Å²) in [5.74, 6) is 0.305. The Hall–Kier alpha value is -1.09. The molecule has 1 aromatic rings. The highest BCUT2D eigenvalue weighted by molar-refractivity contribution is 7.99. The Morgan fingerprint density at radius 2 is 1.56 bits per heavy atom. The van der Waals surface area contributed by atoms with Crippen LogP contribution in [0.15, 0.2) is 6.20 Å². The monoisotopic (exact) mass is 721 g/mol. The maximum atomic E-state index is 12.9. The van der Waals surface area contributed by atoms with Crippen molar-refractivity contribution >= 4 is 25.4 Å². The highest BCUT2D eigenvalue weighted by Crippen LogP contribution is 2.44. The van der Waals surface area contributed by atoms with Crippen molar-refractivity contribution in [2.45, 2.75) is 172 Å². The molecule has 0 aliphatic carbocycles. The molecule has 0 bridgehead atoms. The van der Waals surface area contributed by atoms with Gasteiger partial charge in [0.2, 0.25) is 0 Å². The van der Waals surface area contributed by atoms with Gasteiger partial charge in [-0.05, 0) is 19.8 Å². The minimum absolute atomic E-state index is 0.0210.